The van der Waals surface area contributed by atoms with Crippen molar-refractivity contribution in [3.8, 4) is 11.3 Å². The van der Waals surface area contributed by atoms with E-state index in [-0.39, 0.29) is 0 Å². The molecule has 3 aromatic rings. The van der Waals surface area contributed by atoms with Crippen LogP contribution in [0.3, 0.4) is 0 Å². The number of aromatic nitrogens is 4. The van der Waals surface area contributed by atoms with Crippen LogP contribution >= 0.6 is 0 Å². The van der Waals surface area contributed by atoms with Crippen molar-refractivity contribution in [1.29, 1.82) is 0 Å². The van der Waals surface area contributed by atoms with Gasteiger partial charge in [-0.3, -0.25) is 9.67 Å². The Bertz CT molecular complexity index is 757. The van der Waals surface area contributed by atoms with Crippen LogP contribution in [-0.4, -0.2) is 19.7 Å². The Labute approximate surface area is 124 Å². The zero-order valence-corrected chi connectivity index (χ0v) is 12.5. The monoisotopic (exact) mass is 278 g/mol. The van der Waals surface area contributed by atoms with Crippen molar-refractivity contribution in [2.75, 3.05) is 0 Å². The van der Waals surface area contributed by atoms with Crippen molar-refractivity contribution in [3.05, 3.63) is 65.4 Å². The molecule has 0 unspecified atom stereocenters. The second kappa shape index (κ2) is 5.48. The summed E-state index contributed by atoms with van der Waals surface area (Å²) < 4.78 is 1.82. The largest absolute Gasteiger partial charge is 0.256 e. The van der Waals surface area contributed by atoms with Crippen molar-refractivity contribution in [2.45, 2.75) is 20.3 Å². The van der Waals surface area contributed by atoms with Gasteiger partial charge in [0.2, 0.25) is 0 Å². The Hall–Kier alpha value is -2.49. The Morgan fingerprint density at radius 1 is 1.05 bits per heavy atom. The van der Waals surface area contributed by atoms with Crippen molar-refractivity contribution < 1.29 is 0 Å². The smallest absolute Gasteiger partial charge is 0.147 e. The average Bonchev–Trinajstić information content (AvgIpc) is 2.78. The molecule has 1 aromatic carbocycles. The zero-order valence-electron chi connectivity index (χ0n) is 12.5. The van der Waals surface area contributed by atoms with E-state index in [0.29, 0.717) is 0 Å². The van der Waals surface area contributed by atoms with E-state index in [4.69, 9.17) is 0 Å². The minimum Gasteiger partial charge on any atom is -0.256 e. The quantitative estimate of drug-likeness (QED) is 0.739. The highest BCUT2D eigenvalue weighted by Crippen LogP contribution is 2.21. The third kappa shape index (κ3) is 2.84. The fourth-order valence-electron chi connectivity index (χ4n) is 2.44. The Balaban J connectivity index is 1.85. The van der Waals surface area contributed by atoms with Crippen LogP contribution in [0.25, 0.3) is 11.3 Å². The average molecular weight is 278 g/mol. The van der Waals surface area contributed by atoms with Crippen LogP contribution in [0.15, 0.2) is 42.6 Å². The van der Waals surface area contributed by atoms with Gasteiger partial charge in [0.25, 0.3) is 0 Å². The van der Waals surface area contributed by atoms with E-state index in [9.17, 15) is 0 Å². The lowest BCUT2D eigenvalue weighted by Gasteiger charge is -2.06. The van der Waals surface area contributed by atoms with Crippen LogP contribution in [0.2, 0.25) is 0 Å². The Morgan fingerprint density at radius 2 is 1.86 bits per heavy atom. The van der Waals surface area contributed by atoms with Crippen LogP contribution in [0.4, 0.5) is 0 Å². The predicted molar refractivity (Wildman–Crippen MR) is 83.0 cm³/mol. The molecule has 0 aliphatic carbocycles. The molecule has 21 heavy (non-hydrogen) atoms. The maximum Gasteiger partial charge on any atom is 0.147 e. The minimum absolute atomic E-state index is 0.748. The van der Waals surface area contributed by atoms with Gasteiger partial charge in [0.15, 0.2) is 0 Å². The Kier molecular flexibility index (Phi) is 3.52. The normalized spacial score (nSPS) is 10.8. The third-order valence-electron chi connectivity index (χ3n) is 3.57. The van der Waals surface area contributed by atoms with Crippen molar-refractivity contribution in [2.24, 2.45) is 7.05 Å². The minimum atomic E-state index is 0.748. The second-order valence-electron chi connectivity index (χ2n) is 5.24. The molecular formula is C17H18N4. The summed E-state index contributed by atoms with van der Waals surface area (Å²) in [6, 6.07) is 12.5. The molecule has 0 fully saturated rings. The van der Waals surface area contributed by atoms with Gasteiger partial charge in [-0.2, -0.15) is 5.10 Å². The number of hydrogen-bond donors (Lipinski definition) is 0. The number of rotatable bonds is 3. The summed E-state index contributed by atoms with van der Waals surface area (Å²) >= 11 is 0. The van der Waals surface area contributed by atoms with E-state index < -0.39 is 0 Å². The fourth-order valence-corrected chi connectivity index (χ4v) is 2.44. The third-order valence-corrected chi connectivity index (χ3v) is 3.57. The molecule has 0 saturated heterocycles. The van der Waals surface area contributed by atoms with Gasteiger partial charge in [0, 0.05) is 25.2 Å². The summed E-state index contributed by atoms with van der Waals surface area (Å²) in [7, 11) is 1.92. The molecule has 4 heteroatoms. The van der Waals surface area contributed by atoms with E-state index in [1.54, 1.807) is 0 Å². The first-order valence-electron chi connectivity index (χ1n) is 7.01. The molecule has 0 amide bonds. The van der Waals surface area contributed by atoms with Gasteiger partial charge in [-0.1, -0.05) is 30.3 Å². The molecule has 0 atom stereocenters. The summed E-state index contributed by atoms with van der Waals surface area (Å²) in [4.78, 5) is 9.01. The summed E-state index contributed by atoms with van der Waals surface area (Å²) in [6.45, 7) is 4.01. The summed E-state index contributed by atoms with van der Waals surface area (Å²) in [5.74, 6) is 1.76. The van der Waals surface area contributed by atoms with E-state index in [2.05, 4.69) is 46.3 Å². The molecule has 0 radical (unpaired) electrons. The summed E-state index contributed by atoms with van der Waals surface area (Å²) in [5.41, 5.74) is 4.56. The molecule has 0 aliphatic rings. The molecule has 3 rings (SSSR count). The van der Waals surface area contributed by atoms with Gasteiger partial charge >= 0.3 is 0 Å². The fraction of sp³-hybridized carbons (Fsp3) is 0.235. The van der Waals surface area contributed by atoms with E-state index in [1.165, 1.54) is 11.1 Å². The first-order chi connectivity index (χ1) is 10.1. The number of aryl methyl sites for hydroxylation is 3. The van der Waals surface area contributed by atoms with Crippen molar-refractivity contribution >= 4 is 0 Å². The lowest BCUT2D eigenvalue weighted by molar-refractivity contribution is 0.711. The van der Waals surface area contributed by atoms with Gasteiger partial charge < -0.3 is 0 Å². The molecule has 2 aromatic heterocycles. The van der Waals surface area contributed by atoms with Crippen molar-refractivity contribution in [3.63, 3.8) is 0 Å². The van der Waals surface area contributed by atoms with Crippen LogP contribution in [0, 0.1) is 13.8 Å². The van der Waals surface area contributed by atoms with Crippen LogP contribution in [0.1, 0.15) is 22.8 Å². The number of benzene rings is 1. The van der Waals surface area contributed by atoms with Crippen LogP contribution in [-0.2, 0) is 13.5 Å². The highest BCUT2D eigenvalue weighted by molar-refractivity contribution is 5.63. The van der Waals surface area contributed by atoms with Gasteiger partial charge in [-0.05, 0) is 31.0 Å². The molecule has 0 bridgehead atoms. The molecular weight excluding hydrogens is 260 g/mol. The van der Waals surface area contributed by atoms with Crippen LogP contribution in [0.5, 0.6) is 0 Å². The molecule has 0 N–H and O–H groups in total. The second-order valence-corrected chi connectivity index (χ2v) is 5.24. The first-order valence-corrected chi connectivity index (χ1v) is 7.01. The first kappa shape index (κ1) is 13.5. The summed E-state index contributed by atoms with van der Waals surface area (Å²) in [6.07, 6.45) is 2.67. The van der Waals surface area contributed by atoms with Crippen LogP contribution < -0.4 is 0 Å². The van der Waals surface area contributed by atoms with Crippen molar-refractivity contribution in [1.82, 2.24) is 19.7 Å². The predicted octanol–water partition coefficient (Wildman–Crippen LogP) is 3.08. The van der Waals surface area contributed by atoms with Gasteiger partial charge in [-0.15, -0.1) is 0 Å². The number of nitrogens with zero attached hydrogens (tertiary/aromatic N) is 4. The lowest BCUT2D eigenvalue weighted by atomic mass is 10.0. The molecule has 106 valence electrons. The maximum absolute atomic E-state index is 4.58. The van der Waals surface area contributed by atoms with Gasteiger partial charge in [0.05, 0.1) is 5.69 Å². The van der Waals surface area contributed by atoms with E-state index >= 15 is 0 Å². The highest BCUT2D eigenvalue weighted by atomic mass is 15.3. The molecule has 0 spiro atoms. The van der Waals surface area contributed by atoms with Gasteiger partial charge in [0.1, 0.15) is 11.6 Å². The maximum atomic E-state index is 4.58. The molecule has 2 heterocycles. The Morgan fingerprint density at radius 3 is 2.48 bits per heavy atom. The molecule has 0 aliphatic heterocycles. The molecule has 4 nitrogen and oxygen atoms in total. The summed E-state index contributed by atoms with van der Waals surface area (Å²) in [5, 5.41) is 4.27. The standard InChI is InChI=1S/C17H18N4/c1-12-6-4-5-7-15(12)16-9-8-14(11-18-16)10-17-19-13(2)20-21(17)3/h4-9,11H,10H2,1-3H3. The molecule has 0 saturated carbocycles. The highest BCUT2D eigenvalue weighted by Gasteiger charge is 2.07. The topological polar surface area (TPSA) is 43.6 Å². The SMILES string of the molecule is Cc1nc(Cc2ccc(-c3ccccc3C)nc2)n(C)n1. The van der Waals surface area contributed by atoms with E-state index in [0.717, 1.165) is 29.3 Å². The number of pyridine rings is 1. The number of hydrogen-bond acceptors (Lipinski definition) is 3. The van der Waals surface area contributed by atoms with E-state index in [1.807, 2.05) is 37.0 Å². The lowest BCUT2D eigenvalue weighted by Crippen LogP contribution is -2.01. The zero-order chi connectivity index (χ0) is 14.8. The van der Waals surface area contributed by atoms with Gasteiger partial charge in [-0.25, -0.2) is 4.98 Å².